The van der Waals surface area contributed by atoms with Crippen LogP contribution < -0.4 is 11.2 Å². The van der Waals surface area contributed by atoms with Crippen molar-refractivity contribution in [2.45, 2.75) is 45.3 Å². The lowest BCUT2D eigenvalue weighted by Crippen LogP contribution is -2.34. The van der Waals surface area contributed by atoms with Gasteiger partial charge in [0.15, 0.2) is 23.5 Å². The van der Waals surface area contributed by atoms with Crippen LogP contribution in [0.2, 0.25) is 0 Å². The number of ether oxygens (including phenoxy) is 1. The number of carbonyl (C=O) groups excluding carboxylic acids is 1. The number of carbonyl (C=O) groups is 1. The van der Waals surface area contributed by atoms with Crippen molar-refractivity contribution in [1.82, 2.24) is 19.5 Å². The van der Waals surface area contributed by atoms with Crippen LogP contribution in [0.1, 0.15) is 30.0 Å². The molecule has 3 aromatic rings. The highest BCUT2D eigenvalue weighted by Crippen LogP contribution is 2.32. The van der Waals surface area contributed by atoms with Crippen molar-refractivity contribution in [2.75, 3.05) is 11.2 Å². The summed E-state index contributed by atoms with van der Waals surface area (Å²) in [4.78, 5) is 24.3. The Balaban J connectivity index is 0.00000141. The van der Waals surface area contributed by atoms with Gasteiger partial charge in [-0.25, -0.2) is 10.4 Å². The second-order valence-corrected chi connectivity index (χ2v) is 7.05. The molecule has 0 aromatic carbocycles. The van der Waals surface area contributed by atoms with Crippen LogP contribution in [0.3, 0.4) is 0 Å². The number of imidazole rings is 1. The lowest BCUT2D eigenvalue weighted by atomic mass is 10.1. The van der Waals surface area contributed by atoms with E-state index in [1.165, 1.54) is 17.8 Å². The van der Waals surface area contributed by atoms with Gasteiger partial charge in [0.1, 0.15) is 29.6 Å². The van der Waals surface area contributed by atoms with Gasteiger partial charge in [-0.3, -0.25) is 9.36 Å². The molecule has 4 atom stereocenters. The number of fused-ring (bicyclic) bond motifs is 1. The summed E-state index contributed by atoms with van der Waals surface area (Å²) in [5.41, 5.74) is 11.0. The van der Waals surface area contributed by atoms with Crippen molar-refractivity contribution in [3.8, 4) is 0 Å². The number of aromatic nitrogens is 4. The van der Waals surface area contributed by atoms with Gasteiger partial charge in [-0.05, 0) is 33.1 Å². The van der Waals surface area contributed by atoms with Crippen LogP contribution in [0.5, 0.6) is 0 Å². The summed E-state index contributed by atoms with van der Waals surface area (Å²) in [5.74, 6) is 0.498. The van der Waals surface area contributed by atoms with Crippen LogP contribution >= 0.6 is 0 Å². The second kappa shape index (κ2) is 9.21. The monoisotopic (exact) mass is 444 g/mol. The minimum atomic E-state index is -1.37. The topological polar surface area (TPSA) is 198 Å². The summed E-state index contributed by atoms with van der Waals surface area (Å²) in [6, 6.07) is 0. The molecule has 1 aliphatic rings. The molecule has 0 bridgehead atoms. The molecule has 1 aliphatic heterocycles. The Morgan fingerprint density at radius 2 is 2.06 bits per heavy atom. The number of nitrogens with zero attached hydrogens (tertiary/aromatic N) is 5. The minimum Gasteiger partial charge on any atom is -0.469 e. The molecule has 0 aliphatic carbocycles. The van der Waals surface area contributed by atoms with E-state index in [9.17, 15) is 15.0 Å². The number of ketones is 1. The molecular formula is C19H24N8O5. The average Bonchev–Trinajstić information content (AvgIpc) is 3.42. The van der Waals surface area contributed by atoms with E-state index in [0.29, 0.717) is 0 Å². The van der Waals surface area contributed by atoms with E-state index in [0.717, 1.165) is 16.9 Å². The first-order chi connectivity index (χ1) is 15.3. The number of rotatable bonds is 5. The van der Waals surface area contributed by atoms with Crippen molar-refractivity contribution in [1.29, 1.82) is 5.41 Å². The molecule has 32 heavy (non-hydrogen) atoms. The molecule has 3 aromatic heterocycles. The molecule has 170 valence electrons. The predicted molar refractivity (Wildman–Crippen MR) is 116 cm³/mol. The van der Waals surface area contributed by atoms with Gasteiger partial charge in [0, 0.05) is 5.56 Å². The molecular weight excluding hydrogens is 420 g/mol. The molecule has 13 heteroatoms. The number of furan rings is 1. The molecule has 1 fully saturated rings. The van der Waals surface area contributed by atoms with E-state index >= 15 is 0 Å². The summed E-state index contributed by atoms with van der Waals surface area (Å²) in [7, 11) is 0. The van der Waals surface area contributed by atoms with E-state index in [-0.39, 0.29) is 22.9 Å². The fourth-order valence-electron chi connectivity index (χ4n) is 3.33. The van der Waals surface area contributed by atoms with E-state index < -0.39 is 30.3 Å². The molecule has 13 nitrogen and oxygen atoms in total. The van der Waals surface area contributed by atoms with Gasteiger partial charge in [-0.15, -0.1) is 0 Å². The SMILES string of the molecule is C=N.CC(=O)[C@H]1O[C@@H](n2cnc3c(N)nc(N/N=C\c4c(C)coc4C)nc32)[C@H](O)[C@@H]1O. The molecule has 0 amide bonds. The molecule has 0 unspecified atom stereocenters. The zero-order valence-corrected chi connectivity index (χ0v) is 17.7. The molecule has 6 N–H and O–H groups in total. The number of hydrogen-bond acceptors (Lipinski definition) is 12. The highest BCUT2D eigenvalue weighted by molar-refractivity contribution is 5.85. The zero-order chi connectivity index (χ0) is 23.6. The van der Waals surface area contributed by atoms with Crippen molar-refractivity contribution >= 4 is 41.6 Å². The van der Waals surface area contributed by atoms with Gasteiger partial charge < -0.3 is 30.5 Å². The average molecular weight is 444 g/mol. The largest absolute Gasteiger partial charge is 0.469 e. The summed E-state index contributed by atoms with van der Waals surface area (Å²) in [6.45, 7) is 7.49. The van der Waals surface area contributed by atoms with Crippen LogP contribution in [0, 0.1) is 19.3 Å². The van der Waals surface area contributed by atoms with Crippen molar-refractivity contribution in [3.05, 3.63) is 29.5 Å². The Morgan fingerprint density at radius 1 is 1.34 bits per heavy atom. The van der Waals surface area contributed by atoms with Gasteiger partial charge in [-0.2, -0.15) is 15.1 Å². The van der Waals surface area contributed by atoms with Crippen LogP contribution in [-0.2, 0) is 9.53 Å². The molecule has 1 saturated heterocycles. The van der Waals surface area contributed by atoms with E-state index in [4.69, 9.17) is 20.3 Å². The highest BCUT2D eigenvalue weighted by atomic mass is 16.6. The third-order valence-corrected chi connectivity index (χ3v) is 4.94. The Bertz CT molecular complexity index is 1140. The number of aliphatic hydroxyl groups is 2. The first kappa shape index (κ1) is 23.0. The Kier molecular flexibility index (Phi) is 6.62. The normalized spacial score (nSPS) is 22.8. The van der Waals surface area contributed by atoms with Crippen LogP contribution in [0.15, 0.2) is 22.1 Å². The first-order valence-corrected chi connectivity index (χ1v) is 9.49. The number of nitrogen functional groups attached to an aromatic ring is 1. The number of anilines is 2. The third kappa shape index (κ3) is 4.08. The number of aliphatic hydroxyl groups excluding tert-OH is 2. The van der Waals surface area contributed by atoms with Gasteiger partial charge in [0.25, 0.3) is 0 Å². The van der Waals surface area contributed by atoms with Gasteiger partial charge in [0.05, 0.1) is 18.8 Å². The van der Waals surface area contributed by atoms with Gasteiger partial charge >= 0.3 is 0 Å². The van der Waals surface area contributed by atoms with Crippen LogP contribution in [-0.4, -0.2) is 66.8 Å². The third-order valence-electron chi connectivity index (χ3n) is 4.94. The summed E-state index contributed by atoms with van der Waals surface area (Å²) in [6.07, 6.45) is -0.379. The smallest absolute Gasteiger partial charge is 0.247 e. The van der Waals surface area contributed by atoms with E-state index in [2.05, 4.69) is 32.2 Å². The number of nitrogens with one attached hydrogen (secondary N) is 2. The standard InChI is InChI=1S/C18H21N7O5.CH3N/c1-7-5-29-9(3)10(7)4-21-24-18-22-15(19)11-16(23-18)25(6-20-11)17-13(28)12(27)14(30-17)8(2)26;1-2/h4-6,12-14,17,27-28H,1-3H3,(H3,19,22,23,24);2H,1H2/b21-4-;/t12-,13+,14+,17+;/m0./s1. The lowest BCUT2D eigenvalue weighted by Gasteiger charge is -2.16. The van der Waals surface area contributed by atoms with Crippen molar-refractivity contribution in [2.24, 2.45) is 5.10 Å². The maximum atomic E-state index is 11.7. The second-order valence-electron chi connectivity index (χ2n) is 7.05. The Morgan fingerprint density at radius 3 is 2.66 bits per heavy atom. The minimum absolute atomic E-state index is 0.0864. The molecule has 0 saturated carbocycles. The quantitative estimate of drug-likeness (QED) is 0.273. The Labute approximate surface area is 182 Å². The molecule has 0 spiro atoms. The molecule has 0 radical (unpaired) electrons. The Hall–Kier alpha value is -3.68. The van der Waals surface area contributed by atoms with Crippen molar-refractivity contribution < 1.29 is 24.2 Å². The fraction of sp³-hybridized carbons (Fsp3) is 0.368. The number of Topliss-reactive ketones (excluding diaryl/α,β-unsaturated/α-hetero) is 1. The zero-order valence-electron chi connectivity index (χ0n) is 17.7. The van der Waals surface area contributed by atoms with Gasteiger partial charge in [-0.1, -0.05) is 0 Å². The number of hydrogen-bond donors (Lipinski definition) is 5. The molecule has 4 rings (SSSR count). The van der Waals surface area contributed by atoms with E-state index in [1.54, 1.807) is 12.5 Å². The molecule has 4 heterocycles. The maximum Gasteiger partial charge on any atom is 0.247 e. The predicted octanol–water partition coefficient (Wildman–Crippen LogP) is 0.538. The lowest BCUT2D eigenvalue weighted by molar-refractivity contribution is -0.133. The van der Waals surface area contributed by atoms with Crippen LogP contribution in [0.25, 0.3) is 11.2 Å². The van der Waals surface area contributed by atoms with Crippen LogP contribution in [0.4, 0.5) is 11.8 Å². The fourth-order valence-corrected chi connectivity index (χ4v) is 3.33. The summed E-state index contributed by atoms with van der Waals surface area (Å²) in [5, 5.41) is 30.1. The summed E-state index contributed by atoms with van der Waals surface area (Å²) >= 11 is 0. The number of aryl methyl sites for hydroxylation is 2. The number of nitrogens with two attached hydrogens (primary N) is 1. The van der Waals surface area contributed by atoms with Crippen molar-refractivity contribution in [3.63, 3.8) is 0 Å². The van der Waals surface area contributed by atoms with E-state index in [1.807, 2.05) is 13.8 Å². The van der Waals surface area contributed by atoms with Gasteiger partial charge in [0.2, 0.25) is 5.95 Å². The first-order valence-electron chi connectivity index (χ1n) is 9.49. The number of hydrazone groups is 1. The highest BCUT2D eigenvalue weighted by Gasteiger charge is 2.46. The summed E-state index contributed by atoms with van der Waals surface area (Å²) < 4.78 is 12.3. The maximum absolute atomic E-state index is 11.7.